The van der Waals surface area contributed by atoms with Gasteiger partial charge in [-0.15, -0.1) is 0 Å². The summed E-state index contributed by atoms with van der Waals surface area (Å²) in [6.07, 6.45) is 0. The highest BCUT2D eigenvalue weighted by molar-refractivity contribution is 5.96. The quantitative estimate of drug-likeness (QED) is 0.768. The molecule has 0 spiro atoms. The molecule has 1 atom stereocenters. The summed E-state index contributed by atoms with van der Waals surface area (Å²) in [6, 6.07) is 7.27. The van der Waals surface area contributed by atoms with E-state index in [0.717, 1.165) is 4.90 Å². The van der Waals surface area contributed by atoms with Crippen molar-refractivity contribution in [3.63, 3.8) is 0 Å². The number of carbonyl (C=O) groups excluding carboxylic acids is 2. The van der Waals surface area contributed by atoms with Crippen molar-refractivity contribution in [3.05, 3.63) is 30.3 Å². The van der Waals surface area contributed by atoms with Crippen molar-refractivity contribution in [2.75, 3.05) is 12.4 Å². The van der Waals surface area contributed by atoms with Gasteiger partial charge >= 0.3 is 12.0 Å². The Kier molecular flexibility index (Phi) is 5.50. The monoisotopic (exact) mass is 307 g/mol. The molecular formula is C15H21N3O4. The molecule has 1 aromatic rings. The van der Waals surface area contributed by atoms with E-state index >= 15 is 0 Å². The van der Waals surface area contributed by atoms with Crippen LogP contribution in [0.3, 0.4) is 0 Å². The first kappa shape index (κ1) is 17.5. The van der Waals surface area contributed by atoms with Crippen molar-refractivity contribution in [1.29, 1.82) is 0 Å². The molecule has 7 heteroatoms. The van der Waals surface area contributed by atoms with E-state index in [2.05, 4.69) is 10.6 Å². The molecule has 120 valence electrons. The molecule has 0 heterocycles. The third-order valence-corrected chi connectivity index (χ3v) is 3.25. The van der Waals surface area contributed by atoms with Crippen LogP contribution in [0.1, 0.15) is 20.8 Å². The van der Waals surface area contributed by atoms with E-state index in [1.165, 1.54) is 27.8 Å². The molecule has 1 rings (SSSR count). The van der Waals surface area contributed by atoms with Crippen LogP contribution in [0.5, 0.6) is 0 Å². The van der Waals surface area contributed by atoms with Gasteiger partial charge in [-0.3, -0.25) is 4.79 Å². The molecule has 1 aromatic carbocycles. The summed E-state index contributed by atoms with van der Waals surface area (Å²) in [5, 5.41) is 14.1. The van der Waals surface area contributed by atoms with E-state index < -0.39 is 29.5 Å². The summed E-state index contributed by atoms with van der Waals surface area (Å²) in [5.41, 5.74) is -0.646. The molecule has 0 aliphatic rings. The lowest BCUT2D eigenvalue weighted by atomic mass is 10.0. The standard InChI is InChI=1S/C15H21N3O4/c1-10(12(19)20)18(4)13(21)15(2,3)17-14(22)16-11-8-6-5-7-9-11/h5-10H,1-4H3,(H,19,20)(H2,16,17,22). The van der Waals surface area contributed by atoms with Crippen LogP contribution in [0, 0.1) is 0 Å². The minimum atomic E-state index is -1.24. The zero-order valence-electron chi connectivity index (χ0n) is 13.1. The van der Waals surface area contributed by atoms with E-state index in [1.54, 1.807) is 24.3 Å². The lowest BCUT2D eigenvalue weighted by Gasteiger charge is -2.32. The maximum atomic E-state index is 12.3. The Bertz CT molecular complexity index is 557. The first-order valence-electron chi connectivity index (χ1n) is 6.79. The van der Waals surface area contributed by atoms with Crippen molar-refractivity contribution >= 4 is 23.6 Å². The first-order valence-corrected chi connectivity index (χ1v) is 6.79. The number of benzene rings is 1. The number of rotatable bonds is 5. The number of carbonyl (C=O) groups is 3. The van der Waals surface area contributed by atoms with Crippen LogP contribution in [0.2, 0.25) is 0 Å². The second-order valence-electron chi connectivity index (χ2n) is 5.50. The van der Waals surface area contributed by atoms with E-state index in [0.29, 0.717) is 5.69 Å². The average Bonchev–Trinajstić information content (AvgIpc) is 2.45. The number of para-hydroxylation sites is 1. The topological polar surface area (TPSA) is 98.7 Å². The van der Waals surface area contributed by atoms with Crippen molar-refractivity contribution in [3.8, 4) is 0 Å². The number of anilines is 1. The second-order valence-corrected chi connectivity index (χ2v) is 5.50. The molecule has 0 bridgehead atoms. The molecular weight excluding hydrogens is 286 g/mol. The summed E-state index contributed by atoms with van der Waals surface area (Å²) in [6.45, 7) is 4.44. The number of hydrogen-bond donors (Lipinski definition) is 3. The van der Waals surface area contributed by atoms with E-state index in [9.17, 15) is 14.4 Å². The molecule has 0 fully saturated rings. The van der Waals surface area contributed by atoms with Gasteiger partial charge in [-0.25, -0.2) is 9.59 Å². The molecule has 3 amide bonds. The number of carboxylic acids is 1. The first-order chi connectivity index (χ1) is 10.1. The van der Waals surface area contributed by atoms with E-state index in [1.807, 2.05) is 6.07 Å². The lowest BCUT2D eigenvalue weighted by Crippen LogP contribution is -2.58. The highest BCUT2D eigenvalue weighted by atomic mass is 16.4. The van der Waals surface area contributed by atoms with Gasteiger partial charge in [0.05, 0.1) is 0 Å². The van der Waals surface area contributed by atoms with Crippen LogP contribution in [-0.2, 0) is 9.59 Å². The number of nitrogens with one attached hydrogen (secondary N) is 2. The van der Waals surface area contributed by atoms with Crippen molar-refractivity contribution in [2.45, 2.75) is 32.4 Å². The Balaban J connectivity index is 2.71. The Morgan fingerprint density at radius 3 is 2.23 bits per heavy atom. The highest BCUT2D eigenvalue weighted by Crippen LogP contribution is 2.11. The largest absolute Gasteiger partial charge is 0.480 e. The summed E-state index contributed by atoms with van der Waals surface area (Å²) in [7, 11) is 1.39. The number of aliphatic carboxylic acids is 1. The predicted molar refractivity (Wildman–Crippen MR) is 82.5 cm³/mol. The molecule has 0 saturated carbocycles. The molecule has 0 aliphatic heterocycles. The van der Waals surface area contributed by atoms with Gasteiger partial charge in [0.15, 0.2) is 0 Å². The van der Waals surface area contributed by atoms with Crippen molar-refractivity contribution in [1.82, 2.24) is 10.2 Å². The van der Waals surface area contributed by atoms with Crippen molar-refractivity contribution < 1.29 is 19.5 Å². The second kappa shape index (κ2) is 6.93. The minimum Gasteiger partial charge on any atom is -0.480 e. The minimum absolute atomic E-state index is 0.495. The fourth-order valence-corrected chi connectivity index (χ4v) is 1.80. The number of likely N-dealkylation sites (N-methyl/N-ethyl adjacent to an activating group) is 1. The number of hydrogen-bond acceptors (Lipinski definition) is 3. The zero-order chi connectivity index (χ0) is 16.9. The van der Waals surface area contributed by atoms with Crippen LogP contribution < -0.4 is 10.6 Å². The molecule has 3 N–H and O–H groups in total. The summed E-state index contributed by atoms with van der Waals surface area (Å²) in [4.78, 5) is 36.3. The van der Waals surface area contributed by atoms with Gasteiger partial charge in [-0.05, 0) is 32.9 Å². The van der Waals surface area contributed by atoms with E-state index in [4.69, 9.17) is 5.11 Å². The predicted octanol–water partition coefficient (Wildman–Crippen LogP) is 1.52. The Labute approximate surface area is 129 Å². The van der Waals surface area contributed by atoms with Gasteiger partial charge in [0, 0.05) is 12.7 Å². The maximum Gasteiger partial charge on any atom is 0.326 e. The molecule has 0 radical (unpaired) electrons. The zero-order valence-corrected chi connectivity index (χ0v) is 13.1. The van der Waals surface area contributed by atoms with Crippen LogP contribution in [0.4, 0.5) is 10.5 Å². The molecule has 22 heavy (non-hydrogen) atoms. The lowest BCUT2D eigenvalue weighted by molar-refractivity contribution is -0.150. The third kappa shape index (κ3) is 4.47. The highest BCUT2D eigenvalue weighted by Gasteiger charge is 2.35. The van der Waals surface area contributed by atoms with Gasteiger partial charge in [0.25, 0.3) is 0 Å². The van der Waals surface area contributed by atoms with Crippen LogP contribution >= 0.6 is 0 Å². The molecule has 0 saturated heterocycles. The molecule has 0 aromatic heterocycles. The summed E-state index contributed by atoms with van der Waals surface area (Å²) >= 11 is 0. The third-order valence-electron chi connectivity index (χ3n) is 3.25. The molecule has 0 aliphatic carbocycles. The van der Waals surface area contributed by atoms with E-state index in [-0.39, 0.29) is 0 Å². The summed E-state index contributed by atoms with van der Waals surface area (Å²) in [5.74, 6) is -1.61. The average molecular weight is 307 g/mol. The van der Waals surface area contributed by atoms with Crippen LogP contribution in [-0.4, -0.2) is 46.5 Å². The van der Waals surface area contributed by atoms with Gasteiger partial charge in [-0.2, -0.15) is 0 Å². The summed E-state index contributed by atoms with van der Waals surface area (Å²) < 4.78 is 0. The number of carboxylic acid groups (broad SMARTS) is 1. The normalized spacial score (nSPS) is 12.2. The van der Waals surface area contributed by atoms with Gasteiger partial charge < -0.3 is 20.6 Å². The smallest absolute Gasteiger partial charge is 0.326 e. The van der Waals surface area contributed by atoms with Gasteiger partial charge in [0.2, 0.25) is 5.91 Å². The maximum absolute atomic E-state index is 12.3. The van der Waals surface area contributed by atoms with Crippen molar-refractivity contribution in [2.24, 2.45) is 0 Å². The Morgan fingerprint density at radius 1 is 1.18 bits per heavy atom. The fourth-order valence-electron chi connectivity index (χ4n) is 1.80. The number of urea groups is 1. The number of amides is 3. The SMILES string of the molecule is CC(C(=O)O)N(C)C(=O)C(C)(C)NC(=O)Nc1ccccc1. The van der Waals surface area contributed by atoms with Gasteiger partial charge in [-0.1, -0.05) is 18.2 Å². The Morgan fingerprint density at radius 2 is 1.73 bits per heavy atom. The number of nitrogens with zero attached hydrogens (tertiary/aromatic N) is 1. The molecule has 7 nitrogen and oxygen atoms in total. The van der Waals surface area contributed by atoms with Gasteiger partial charge in [0.1, 0.15) is 11.6 Å². The van der Waals surface area contributed by atoms with Crippen LogP contribution in [0.25, 0.3) is 0 Å². The molecule has 1 unspecified atom stereocenters. The Hall–Kier alpha value is -2.57. The fraction of sp³-hybridized carbons (Fsp3) is 0.400. The van der Waals surface area contributed by atoms with Crippen LogP contribution in [0.15, 0.2) is 30.3 Å².